The monoisotopic (exact) mass is 493 g/mol. The molecule has 0 radical (unpaired) electrons. The molecule has 0 amide bonds. The molecule has 0 heterocycles. The van der Waals surface area contributed by atoms with E-state index < -0.39 is 8.37 Å². The Balaban J connectivity index is -0.00000198. The van der Waals surface area contributed by atoms with Gasteiger partial charge < -0.3 is 11.1 Å². The molecule has 0 fully saturated rings. The molecule has 0 rings (SSSR count). The van der Waals surface area contributed by atoms with Crippen molar-refractivity contribution in [3.8, 4) is 0 Å². The summed E-state index contributed by atoms with van der Waals surface area (Å²) in [6.45, 7) is 28.9. The summed E-state index contributed by atoms with van der Waals surface area (Å²) in [6, 6.07) is 3.62. The largest absolute Gasteiger partial charge is 0.373 e. The topological polar surface area (TPSA) is 68.4 Å². The van der Waals surface area contributed by atoms with Crippen molar-refractivity contribution in [3.05, 3.63) is 16.0 Å². The lowest BCUT2D eigenvalue weighted by atomic mass is 10.2. The van der Waals surface area contributed by atoms with E-state index in [-0.39, 0.29) is 12.4 Å². The normalized spacial score (nSPS) is 18.0. The highest BCUT2D eigenvalue weighted by molar-refractivity contribution is 7.50. The Bertz CT molecular complexity index is 390. The molecule has 32 heavy (non-hydrogen) atoms. The Morgan fingerprint density at radius 1 is 0.500 bits per heavy atom. The first-order valence-corrected chi connectivity index (χ1v) is 13.9. The fourth-order valence-electron chi connectivity index (χ4n) is 3.84. The number of halogens is 1. The van der Waals surface area contributed by atoms with E-state index in [9.17, 15) is 0 Å². The van der Waals surface area contributed by atoms with Gasteiger partial charge in [-0.3, -0.25) is 18.9 Å². The van der Waals surface area contributed by atoms with Crippen LogP contribution in [0.5, 0.6) is 0 Å². The van der Waals surface area contributed by atoms with Crippen LogP contribution in [-0.4, -0.2) is 50.3 Å². The zero-order valence-electron chi connectivity index (χ0n) is 23.2. The molecule has 0 saturated heterocycles. The Morgan fingerprint density at radius 3 is 0.719 bits per heavy atom. The molecule has 0 spiro atoms. The highest BCUT2D eigenvalue weighted by Crippen LogP contribution is 2.56. The van der Waals surface area contributed by atoms with Crippen LogP contribution in [0.4, 0.5) is 0 Å². The summed E-state index contributed by atoms with van der Waals surface area (Å²) in [7, 11) is -0.522. The van der Waals surface area contributed by atoms with Crippen LogP contribution in [0.2, 0.25) is 0 Å². The van der Waals surface area contributed by atoms with Crippen molar-refractivity contribution in [2.45, 2.75) is 158 Å². The predicted octanol–water partition coefficient (Wildman–Crippen LogP) is 9.20. The first-order chi connectivity index (χ1) is 14.6. The molecule has 0 N–H and O–H groups in total. The molecule has 0 bridgehead atoms. The fraction of sp³-hybridized carbons (Fsp3) is 1.00. The smallest absolute Gasteiger partial charge is 0.121 e. The van der Waals surface area contributed by atoms with Gasteiger partial charge in [0.1, 0.15) is 8.37 Å². The molecule has 0 aromatic rings. The first kappa shape index (κ1) is 36.5. The Hall–Kier alpha value is -0.0900. The van der Waals surface area contributed by atoms with Crippen LogP contribution >= 0.6 is 20.8 Å². The maximum absolute atomic E-state index is 6.75. The zero-order chi connectivity index (χ0) is 24.7. The molecule has 6 atom stereocenters. The summed E-state index contributed by atoms with van der Waals surface area (Å²) in [4.78, 5) is 1.50. The average molecular weight is 494 g/mol. The van der Waals surface area contributed by atoms with Crippen molar-refractivity contribution >= 4 is 20.8 Å². The van der Waals surface area contributed by atoms with Crippen LogP contribution in [0.1, 0.15) is 122 Å². The second kappa shape index (κ2) is 20.3. The molecule has 6 unspecified atom stereocenters. The summed E-state index contributed by atoms with van der Waals surface area (Å²) >= 11 is 0. The Kier molecular flexibility index (Phi) is 23.1. The van der Waals surface area contributed by atoms with Gasteiger partial charge in [0.15, 0.2) is 0 Å². The number of hydrogen-bond donors (Lipinski definition) is 0. The number of hydrogen-bond acceptors (Lipinski definition) is 3. The van der Waals surface area contributed by atoms with E-state index in [0.717, 1.165) is 0 Å². The lowest BCUT2D eigenvalue weighted by Crippen LogP contribution is -2.53. The fourth-order valence-corrected chi connectivity index (χ4v) is 7.65. The van der Waals surface area contributed by atoms with Crippen molar-refractivity contribution in [3.63, 3.8) is 0 Å². The molecule has 0 aromatic carbocycles. The molecular weight excluding hydrogens is 439 g/mol. The van der Waals surface area contributed by atoms with Crippen molar-refractivity contribution in [1.29, 1.82) is 0 Å². The summed E-state index contributed by atoms with van der Waals surface area (Å²) in [5, 5.41) is 0. The van der Waals surface area contributed by atoms with Crippen LogP contribution in [0, 0.1) is 0 Å². The second-order valence-electron chi connectivity index (χ2n) is 9.04. The van der Waals surface area contributed by atoms with Gasteiger partial charge in [-0.1, -0.05) is 41.5 Å². The van der Waals surface area contributed by atoms with Gasteiger partial charge in [-0.05, 0) is 80.1 Å². The minimum Gasteiger partial charge on any atom is -0.373 e. The van der Waals surface area contributed by atoms with Crippen LogP contribution in [0.15, 0.2) is 0 Å². The SMILES string of the molecule is CCC(C)N(C(C)CC)P(N(C(C)CC)C(C)CC)N(C(C)CC)C(C)CC.Cl.[N-]=[N+]=[N-]. The predicted molar refractivity (Wildman–Crippen MR) is 148 cm³/mol. The van der Waals surface area contributed by atoms with E-state index >= 15 is 0 Å². The third kappa shape index (κ3) is 10.9. The molecule has 0 aliphatic rings. The van der Waals surface area contributed by atoms with E-state index in [1.807, 2.05) is 0 Å². The molecule has 0 aliphatic heterocycles. The number of nitrogens with zero attached hydrogens (tertiary/aromatic N) is 6. The first-order valence-electron chi connectivity index (χ1n) is 12.7. The third-order valence-electron chi connectivity index (χ3n) is 6.87. The van der Waals surface area contributed by atoms with Crippen LogP contribution in [0.3, 0.4) is 0 Å². The molecule has 0 aromatic heterocycles. The van der Waals surface area contributed by atoms with Gasteiger partial charge in [0.25, 0.3) is 0 Å². The van der Waals surface area contributed by atoms with Gasteiger partial charge in [0, 0.05) is 36.3 Å². The Morgan fingerprint density at radius 2 is 0.625 bits per heavy atom. The summed E-state index contributed by atoms with van der Waals surface area (Å²) < 4.78 is 8.77. The van der Waals surface area contributed by atoms with E-state index in [0.29, 0.717) is 36.3 Å². The highest BCUT2D eigenvalue weighted by Gasteiger charge is 2.42. The van der Waals surface area contributed by atoms with Crippen LogP contribution in [-0.2, 0) is 0 Å². The van der Waals surface area contributed by atoms with E-state index in [4.69, 9.17) is 11.1 Å². The van der Waals surface area contributed by atoms with Crippen molar-refractivity contribution in [2.24, 2.45) is 0 Å². The Labute approximate surface area is 208 Å². The van der Waals surface area contributed by atoms with Crippen molar-refractivity contribution in [2.75, 3.05) is 0 Å². The minimum atomic E-state index is -0.522. The maximum atomic E-state index is 6.75. The number of rotatable bonds is 15. The highest BCUT2D eigenvalue weighted by atomic mass is 35.5. The molecule has 194 valence electrons. The van der Waals surface area contributed by atoms with Gasteiger partial charge in [-0.15, -0.1) is 12.4 Å². The van der Waals surface area contributed by atoms with E-state index in [1.54, 1.807) is 0 Å². The van der Waals surface area contributed by atoms with Crippen molar-refractivity contribution < 1.29 is 0 Å². The third-order valence-corrected chi connectivity index (χ3v) is 10.5. The van der Waals surface area contributed by atoms with Crippen LogP contribution in [0.25, 0.3) is 16.0 Å². The second-order valence-corrected chi connectivity index (χ2v) is 11.0. The van der Waals surface area contributed by atoms with Gasteiger partial charge in [0.05, 0.1) is 0 Å². The quantitative estimate of drug-likeness (QED) is 0.0987. The molecule has 6 nitrogen and oxygen atoms in total. The minimum absolute atomic E-state index is 0. The molecule has 0 saturated carbocycles. The maximum Gasteiger partial charge on any atom is 0.121 e. The van der Waals surface area contributed by atoms with E-state index in [2.05, 4.69) is 97.1 Å². The molecule has 0 aliphatic carbocycles. The summed E-state index contributed by atoms with van der Waals surface area (Å²) in [6.07, 6.45) is 7.29. The standard InChI is InChI=1S/C24H54N3P.ClH.N3/c1-13-19(7)25(20(8)14-2)28(26(21(9)15-3)22(10)16-4)27(23(11)17-5)24(12)18-6;;1-3-2/h19-24H,13-18H2,1-12H3;1H;/q;;-1. The summed E-state index contributed by atoms with van der Waals surface area (Å²) in [5.41, 5.74) is 13.5. The van der Waals surface area contributed by atoms with Gasteiger partial charge in [-0.2, -0.15) is 0 Å². The summed E-state index contributed by atoms with van der Waals surface area (Å²) in [5.74, 6) is 0. The molecule has 8 heteroatoms. The van der Waals surface area contributed by atoms with Gasteiger partial charge in [-0.25, -0.2) is 0 Å². The van der Waals surface area contributed by atoms with Gasteiger partial charge >= 0.3 is 0 Å². The van der Waals surface area contributed by atoms with Crippen LogP contribution < -0.4 is 0 Å². The van der Waals surface area contributed by atoms with Crippen molar-refractivity contribution in [1.82, 2.24) is 14.0 Å². The lowest BCUT2D eigenvalue weighted by Gasteiger charge is -2.55. The average Bonchev–Trinajstić information content (AvgIpc) is 2.78. The van der Waals surface area contributed by atoms with Gasteiger partial charge in [0.2, 0.25) is 0 Å². The lowest BCUT2D eigenvalue weighted by molar-refractivity contribution is 0.163. The van der Waals surface area contributed by atoms with E-state index in [1.165, 1.54) is 43.4 Å². The zero-order valence-corrected chi connectivity index (χ0v) is 25.0. The molecular formula is C24H55ClN6P-.